The van der Waals surface area contributed by atoms with Crippen molar-refractivity contribution in [2.45, 2.75) is 52.0 Å². The predicted octanol–water partition coefficient (Wildman–Crippen LogP) is 2.94. The van der Waals surface area contributed by atoms with Gasteiger partial charge in [0.15, 0.2) is 5.82 Å². The van der Waals surface area contributed by atoms with E-state index in [1.54, 1.807) is 6.20 Å². The minimum Gasteiger partial charge on any atom is -0.339 e. The van der Waals surface area contributed by atoms with E-state index in [2.05, 4.69) is 41.2 Å². The molecule has 0 saturated heterocycles. The van der Waals surface area contributed by atoms with E-state index < -0.39 is 0 Å². The largest absolute Gasteiger partial charge is 0.339 e. The summed E-state index contributed by atoms with van der Waals surface area (Å²) in [6.45, 7) is 7.50. The minimum absolute atomic E-state index is 0.219. The van der Waals surface area contributed by atoms with E-state index in [1.165, 1.54) is 0 Å². The highest BCUT2D eigenvalue weighted by atomic mass is 16.5. The molecule has 2 heterocycles. The first-order valence-corrected chi connectivity index (χ1v) is 7.69. The normalized spacial score (nSPS) is 14.0. The lowest BCUT2D eigenvalue weighted by Crippen LogP contribution is -2.33. The first kappa shape index (κ1) is 15.6. The molecule has 21 heavy (non-hydrogen) atoms. The molecule has 0 aromatic carbocycles. The Labute approximate surface area is 126 Å². The van der Waals surface area contributed by atoms with Crippen LogP contribution in [0.5, 0.6) is 0 Å². The van der Waals surface area contributed by atoms with Crippen molar-refractivity contribution in [3.8, 4) is 0 Å². The van der Waals surface area contributed by atoms with Crippen LogP contribution >= 0.6 is 0 Å². The average Bonchev–Trinajstić information content (AvgIpc) is 2.97. The molecule has 0 bridgehead atoms. The molecule has 0 saturated carbocycles. The molecule has 0 aliphatic heterocycles. The van der Waals surface area contributed by atoms with Gasteiger partial charge in [0, 0.05) is 24.9 Å². The molecule has 114 valence electrons. The molecule has 0 fully saturated rings. The maximum atomic E-state index is 5.44. The van der Waals surface area contributed by atoms with Crippen molar-refractivity contribution in [3.63, 3.8) is 0 Å². The molecule has 5 heteroatoms. The van der Waals surface area contributed by atoms with E-state index in [0.717, 1.165) is 30.8 Å². The Hall–Kier alpha value is -1.75. The van der Waals surface area contributed by atoms with Gasteiger partial charge in [-0.3, -0.25) is 4.98 Å². The van der Waals surface area contributed by atoms with Gasteiger partial charge in [-0.1, -0.05) is 32.0 Å². The van der Waals surface area contributed by atoms with Crippen LogP contribution in [0.25, 0.3) is 0 Å². The molecule has 0 spiro atoms. The van der Waals surface area contributed by atoms with Crippen LogP contribution in [0, 0.1) is 0 Å². The van der Waals surface area contributed by atoms with Crippen LogP contribution < -0.4 is 5.32 Å². The Bertz CT molecular complexity index is 526. The number of pyridine rings is 1. The summed E-state index contributed by atoms with van der Waals surface area (Å²) in [5.74, 6) is 1.65. The van der Waals surface area contributed by atoms with Crippen molar-refractivity contribution in [1.82, 2.24) is 20.4 Å². The zero-order chi connectivity index (χ0) is 15.1. The third-order valence-corrected chi connectivity index (χ3v) is 3.66. The van der Waals surface area contributed by atoms with Crippen molar-refractivity contribution in [1.29, 1.82) is 0 Å². The Kier molecular flexibility index (Phi) is 5.87. The number of rotatable bonds is 8. The summed E-state index contributed by atoms with van der Waals surface area (Å²) in [7, 11) is 0. The number of hydrogen-bond donors (Lipinski definition) is 1. The van der Waals surface area contributed by atoms with E-state index in [4.69, 9.17) is 4.52 Å². The van der Waals surface area contributed by atoms with Crippen molar-refractivity contribution in [3.05, 3.63) is 41.8 Å². The average molecular weight is 288 g/mol. The Balaban J connectivity index is 2.01. The zero-order valence-corrected chi connectivity index (χ0v) is 13.0. The molecule has 2 rings (SSSR count). The number of aromatic nitrogens is 3. The maximum absolute atomic E-state index is 5.44. The molecule has 1 N–H and O–H groups in total. The smallest absolute Gasteiger partial charge is 0.231 e. The monoisotopic (exact) mass is 288 g/mol. The first-order chi connectivity index (χ1) is 10.2. The topological polar surface area (TPSA) is 63.8 Å². The second-order valence-corrected chi connectivity index (χ2v) is 5.34. The van der Waals surface area contributed by atoms with Crippen LogP contribution in [0.2, 0.25) is 0 Å². The molecule has 2 unspecified atom stereocenters. The lowest BCUT2D eigenvalue weighted by molar-refractivity contribution is 0.317. The van der Waals surface area contributed by atoms with E-state index in [9.17, 15) is 0 Å². The molecule has 0 radical (unpaired) electrons. The van der Waals surface area contributed by atoms with Crippen molar-refractivity contribution < 1.29 is 4.52 Å². The predicted molar refractivity (Wildman–Crippen MR) is 82.1 cm³/mol. The Morgan fingerprint density at radius 1 is 1.33 bits per heavy atom. The second kappa shape index (κ2) is 7.88. The van der Waals surface area contributed by atoms with Gasteiger partial charge in [-0.05, 0) is 31.0 Å². The van der Waals surface area contributed by atoms with E-state index >= 15 is 0 Å². The van der Waals surface area contributed by atoms with Crippen molar-refractivity contribution in [2.24, 2.45) is 0 Å². The number of hydrogen-bond acceptors (Lipinski definition) is 5. The van der Waals surface area contributed by atoms with Crippen molar-refractivity contribution in [2.75, 3.05) is 6.54 Å². The van der Waals surface area contributed by atoms with Crippen LogP contribution in [-0.2, 0) is 6.42 Å². The Morgan fingerprint density at radius 2 is 2.19 bits per heavy atom. The summed E-state index contributed by atoms with van der Waals surface area (Å²) in [5, 5.41) is 7.63. The summed E-state index contributed by atoms with van der Waals surface area (Å²) in [6.07, 6.45) is 6.42. The molecule has 2 aromatic heterocycles. The molecule has 0 aliphatic carbocycles. The molecule has 5 nitrogen and oxygen atoms in total. The third-order valence-electron chi connectivity index (χ3n) is 3.66. The van der Waals surface area contributed by atoms with Gasteiger partial charge in [0.2, 0.25) is 5.89 Å². The summed E-state index contributed by atoms with van der Waals surface area (Å²) in [5.41, 5.74) is 1.09. The molecular formula is C16H24N4O. The van der Waals surface area contributed by atoms with E-state index in [1.807, 2.05) is 18.3 Å². The van der Waals surface area contributed by atoms with Crippen LogP contribution in [0.4, 0.5) is 0 Å². The maximum Gasteiger partial charge on any atom is 0.231 e. The minimum atomic E-state index is 0.219. The molecule has 2 aromatic rings. The van der Waals surface area contributed by atoms with Gasteiger partial charge in [-0.15, -0.1) is 0 Å². The quantitative estimate of drug-likeness (QED) is 0.809. The van der Waals surface area contributed by atoms with Crippen LogP contribution in [0.1, 0.15) is 56.8 Å². The summed E-state index contributed by atoms with van der Waals surface area (Å²) in [4.78, 5) is 8.64. The highest BCUT2D eigenvalue weighted by Crippen LogP contribution is 2.20. The van der Waals surface area contributed by atoms with Gasteiger partial charge < -0.3 is 9.84 Å². The fraction of sp³-hybridized carbons (Fsp3) is 0.562. The van der Waals surface area contributed by atoms with Gasteiger partial charge in [0.05, 0.1) is 5.92 Å². The molecule has 0 amide bonds. The van der Waals surface area contributed by atoms with E-state index in [0.29, 0.717) is 18.4 Å². The fourth-order valence-electron chi connectivity index (χ4n) is 2.39. The third kappa shape index (κ3) is 4.36. The van der Waals surface area contributed by atoms with Crippen LogP contribution in [0.15, 0.2) is 29.0 Å². The van der Waals surface area contributed by atoms with Crippen molar-refractivity contribution >= 4 is 0 Å². The van der Waals surface area contributed by atoms with Gasteiger partial charge >= 0.3 is 0 Å². The zero-order valence-electron chi connectivity index (χ0n) is 13.0. The second-order valence-electron chi connectivity index (χ2n) is 5.34. The molecular weight excluding hydrogens is 264 g/mol. The highest BCUT2D eigenvalue weighted by Gasteiger charge is 2.22. The lowest BCUT2D eigenvalue weighted by Gasteiger charge is -2.20. The summed E-state index contributed by atoms with van der Waals surface area (Å²) < 4.78 is 5.44. The highest BCUT2D eigenvalue weighted by molar-refractivity contribution is 5.14. The molecule has 2 atom stereocenters. The van der Waals surface area contributed by atoms with Gasteiger partial charge in [0.1, 0.15) is 0 Å². The van der Waals surface area contributed by atoms with Gasteiger partial charge in [-0.25, -0.2) is 0 Å². The van der Waals surface area contributed by atoms with Gasteiger partial charge in [0.25, 0.3) is 0 Å². The number of nitrogens with zero attached hydrogens (tertiary/aromatic N) is 3. The van der Waals surface area contributed by atoms with Crippen LogP contribution in [0.3, 0.4) is 0 Å². The van der Waals surface area contributed by atoms with E-state index in [-0.39, 0.29) is 5.92 Å². The lowest BCUT2D eigenvalue weighted by atomic mass is 9.99. The SMILES string of the molecule is CCCNC(CC)C(C)c1nc(Cc2cccnc2)no1. The molecule has 0 aliphatic rings. The summed E-state index contributed by atoms with van der Waals surface area (Å²) in [6, 6.07) is 4.31. The Morgan fingerprint density at radius 3 is 2.86 bits per heavy atom. The standard InChI is InChI=1S/C16H24N4O/c1-4-8-18-14(5-2)12(3)16-19-15(20-21-16)10-13-7-6-9-17-11-13/h6-7,9,11-12,14,18H,4-5,8,10H2,1-3H3. The van der Waals surface area contributed by atoms with Crippen LogP contribution in [-0.4, -0.2) is 27.7 Å². The summed E-state index contributed by atoms with van der Waals surface area (Å²) >= 11 is 0. The number of nitrogens with one attached hydrogen (secondary N) is 1. The first-order valence-electron chi connectivity index (χ1n) is 7.69. The fourth-order valence-corrected chi connectivity index (χ4v) is 2.39. The van der Waals surface area contributed by atoms with Gasteiger partial charge in [-0.2, -0.15) is 4.98 Å².